The lowest BCUT2D eigenvalue weighted by Crippen LogP contribution is -3.11. The largest absolute Gasteiger partial charge is 0.378 e. The monoisotopic (exact) mass is 419 g/mol. The molecule has 0 spiro atoms. The summed E-state index contributed by atoms with van der Waals surface area (Å²) < 4.78 is 28.2. The van der Waals surface area contributed by atoms with Gasteiger partial charge in [0.1, 0.15) is 6.04 Å². The van der Waals surface area contributed by atoms with Crippen molar-refractivity contribution < 1.29 is 18.2 Å². The molecular weight excluding hydrogens is 392 g/mol. The molecule has 2 aromatic rings. The zero-order valence-electron chi connectivity index (χ0n) is 16.7. The third-order valence-corrected chi connectivity index (χ3v) is 6.79. The Morgan fingerprint density at radius 3 is 2.38 bits per heavy atom. The van der Waals surface area contributed by atoms with Gasteiger partial charge in [-0.3, -0.25) is 10.1 Å². The lowest BCUT2D eigenvalue weighted by Gasteiger charge is -2.26. The molecule has 1 aliphatic heterocycles. The number of nitro benzene ring substituents is 1. The third kappa shape index (κ3) is 5.11. The Kier molecular flexibility index (Phi) is 6.51. The van der Waals surface area contributed by atoms with E-state index in [1.807, 2.05) is 43.3 Å². The molecule has 0 aliphatic carbocycles. The van der Waals surface area contributed by atoms with Gasteiger partial charge in [-0.25, -0.2) is 13.1 Å². The summed E-state index contributed by atoms with van der Waals surface area (Å²) in [5.74, 6) is 0. The Hall–Kier alpha value is -2.49. The quantitative estimate of drug-likeness (QED) is 0.497. The van der Waals surface area contributed by atoms with Crippen LogP contribution in [0.2, 0.25) is 0 Å². The average Bonchev–Trinajstić information content (AvgIpc) is 3.23. The number of benzene rings is 2. The van der Waals surface area contributed by atoms with Crippen molar-refractivity contribution in [1.29, 1.82) is 0 Å². The van der Waals surface area contributed by atoms with Gasteiger partial charge in [0.05, 0.1) is 29.5 Å². The number of hydrogen-bond acceptors (Lipinski definition) is 5. The van der Waals surface area contributed by atoms with Gasteiger partial charge >= 0.3 is 0 Å². The van der Waals surface area contributed by atoms with Crippen molar-refractivity contribution >= 4 is 21.4 Å². The Labute approximate surface area is 171 Å². The van der Waals surface area contributed by atoms with Gasteiger partial charge in [0.15, 0.2) is 0 Å². The lowest BCUT2D eigenvalue weighted by molar-refractivity contribution is -0.918. The first kappa shape index (κ1) is 21.2. The van der Waals surface area contributed by atoms with E-state index in [1.165, 1.54) is 23.1 Å². The first-order valence-corrected chi connectivity index (χ1v) is 11.1. The van der Waals surface area contributed by atoms with Gasteiger partial charge in [0.2, 0.25) is 10.0 Å². The van der Waals surface area contributed by atoms with Gasteiger partial charge < -0.3 is 9.80 Å². The van der Waals surface area contributed by atoms with E-state index in [0.29, 0.717) is 0 Å². The van der Waals surface area contributed by atoms with Crippen LogP contribution in [0.5, 0.6) is 0 Å². The molecule has 1 atom stereocenters. The summed E-state index contributed by atoms with van der Waals surface area (Å²) in [6.07, 6.45) is 2.25. The second-order valence-electron chi connectivity index (χ2n) is 7.51. The molecule has 1 aliphatic rings. The fraction of sp³-hybridized carbons (Fsp3) is 0.400. The highest BCUT2D eigenvalue weighted by Gasteiger charge is 2.29. The highest BCUT2D eigenvalue weighted by atomic mass is 32.2. The summed E-state index contributed by atoms with van der Waals surface area (Å²) >= 11 is 0. The van der Waals surface area contributed by atoms with E-state index in [2.05, 4.69) is 4.72 Å². The molecule has 0 bridgehead atoms. The van der Waals surface area contributed by atoms with E-state index in [4.69, 9.17) is 0 Å². The molecule has 156 valence electrons. The highest BCUT2D eigenvalue weighted by Crippen LogP contribution is 2.19. The minimum atomic E-state index is -3.85. The van der Waals surface area contributed by atoms with Crippen molar-refractivity contribution in [2.75, 3.05) is 38.6 Å². The number of anilines is 1. The minimum Gasteiger partial charge on any atom is -0.378 e. The summed E-state index contributed by atoms with van der Waals surface area (Å²) in [5, 5.41) is 11.0. The summed E-state index contributed by atoms with van der Waals surface area (Å²) in [4.78, 5) is 13.6. The van der Waals surface area contributed by atoms with E-state index < -0.39 is 14.9 Å². The molecule has 3 rings (SSSR count). The summed E-state index contributed by atoms with van der Waals surface area (Å²) in [5.41, 5.74) is 1.92. The van der Waals surface area contributed by atoms with Crippen LogP contribution >= 0.6 is 0 Å². The van der Waals surface area contributed by atoms with E-state index in [1.54, 1.807) is 0 Å². The smallest absolute Gasteiger partial charge is 0.270 e. The normalized spacial score (nSPS) is 15.9. The second kappa shape index (κ2) is 8.89. The molecule has 2 N–H and O–H groups in total. The Morgan fingerprint density at radius 2 is 1.79 bits per heavy atom. The SMILES string of the molecule is CN(C)c1ccc([C@H](CNS(=O)(=O)c2cccc([N+](=O)[O-])c2)[NH+]2CCCC2)cc1. The number of non-ortho nitro benzene ring substituents is 1. The van der Waals surface area contributed by atoms with Crippen LogP contribution in [-0.4, -0.2) is 47.1 Å². The molecule has 8 nitrogen and oxygen atoms in total. The first-order chi connectivity index (χ1) is 13.8. The number of likely N-dealkylation sites (tertiary alicyclic amines) is 1. The van der Waals surface area contributed by atoms with Gasteiger partial charge in [-0.1, -0.05) is 18.2 Å². The number of quaternary nitrogens is 1. The van der Waals surface area contributed by atoms with Crippen LogP contribution in [0.3, 0.4) is 0 Å². The lowest BCUT2D eigenvalue weighted by atomic mass is 10.1. The van der Waals surface area contributed by atoms with E-state index in [0.717, 1.165) is 43.2 Å². The van der Waals surface area contributed by atoms with E-state index in [-0.39, 0.29) is 23.2 Å². The van der Waals surface area contributed by atoms with Crippen LogP contribution in [0.4, 0.5) is 11.4 Å². The number of rotatable bonds is 8. The molecular formula is C20H27N4O4S+. The van der Waals surface area contributed by atoms with Gasteiger partial charge in [-0.15, -0.1) is 0 Å². The first-order valence-electron chi connectivity index (χ1n) is 9.64. The fourth-order valence-electron chi connectivity index (χ4n) is 3.72. The molecule has 9 heteroatoms. The molecule has 0 amide bonds. The zero-order chi connectivity index (χ0) is 21.0. The van der Waals surface area contributed by atoms with Gasteiger partial charge in [0.25, 0.3) is 5.69 Å². The third-order valence-electron chi connectivity index (χ3n) is 5.37. The van der Waals surface area contributed by atoms with Crippen molar-refractivity contribution in [3.8, 4) is 0 Å². The molecule has 2 aromatic carbocycles. The Balaban J connectivity index is 1.81. The fourth-order valence-corrected chi connectivity index (χ4v) is 4.81. The molecule has 29 heavy (non-hydrogen) atoms. The molecule has 1 fully saturated rings. The molecule has 0 aromatic heterocycles. The van der Waals surface area contributed by atoms with Crippen molar-refractivity contribution in [2.24, 2.45) is 0 Å². The average molecular weight is 420 g/mol. The Bertz CT molecular complexity index is 955. The van der Waals surface area contributed by atoms with Crippen molar-refractivity contribution in [3.05, 3.63) is 64.2 Å². The number of sulfonamides is 1. The predicted octanol–water partition coefficient (Wildman–Crippen LogP) is 1.36. The van der Waals surface area contributed by atoms with Crippen LogP contribution in [0.15, 0.2) is 53.4 Å². The van der Waals surface area contributed by atoms with Crippen LogP contribution in [-0.2, 0) is 10.0 Å². The molecule has 0 saturated carbocycles. The number of nitrogens with one attached hydrogen (secondary N) is 2. The molecule has 1 saturated heterocycles. The maximum absolute atomic E-state index is 12.8. The molecule has 1 heterocycles. The van der Waals surface area contributed by atoms with Crippen LogP contribution in [0.1, 0.15) is 24.4 Å². The van der Waals surface area contributed by atoms with Crippen LogP contribution < -0.4 is 14.5 Å². The topological polar surface area (TPSA) is 97.0 Å². The summed E-state index contributed by atoms with van der Waals surface area (Å²) in [7, 11) is 0.109. The van der Waals surface area contributed by atoms with Crippen LogP contribution in [0, 0.1) is 10.1 Å². The van der Waals surface area contributed by atoms with Crippen molar-refractivity contribution in [1.82, 2.24) is 4.72 Å². The number of nitro groups is 1. The summed E-state index contributed by atoms with van der Waals surface area (Å²) in [6.45, 7) is 2.24. The molecule has 0 unspecified atom stereocenters. The van der Waals surface area contributed by atoms with Crippen molar-refractivity contribution in [2.45, 2.75) is 23.8 Å². The van der Waals surface area contributed by atoms with Gasteiger partial charge in [-0.05, 0) is 18.2 Å². The van der Waals surface area contributed by atoms with E-state index >= 15 is 0 Å². The minimum absolute atomic E-state index is 0.0119. The Morgan fingerprint density at radius 1 is 1.14 bits per heavy atom. The summed E-state index contributed by atoms with van der Waals surface area (Å²) in [6, 6.07) is 13.3. The maximum Gasteiger partial charge on any atom is 0.270 e. The second-order valence-corrected chi connectivity index (χ2v) is 9.28. The number of hydrogen-bond donors (Lipinski definition) is 2. The van der Waals surface area contributed by atoms with Crippen molar-refractivity contribution in [3.63, 3.8) is 0 Å². The molecule has 0 radical (unpaired) electrons. The van der Waals surface area contributed by atoms with Gasteiger partial charge in [0, 0.05) is 50.3 Å². The van der Waals surface area contributed by atoms with E-state index in [9.17, 15) is 18.5 Å². The number of nitrogens with zero attached hydrogens (tertiary/aromatic N) is 2. The van der Waals surface area contributed by atoms with Crippen LogP contribution in [0.25, 0.3) is 0 Å². The maximum atomic E-state index is 12.8. The van der Waals surface area contributed by atoms with Gasteiger partial charge in [-0.2, -0.15) is 0 Å². The predicted molar refractivity (Wildman–Crippen MR) is 112 cm³/mol. The highest BCUT2D eigenvalue weighted by molar-refractivity contribution is 7.89. The standard InChI is InChI=1S/C20H26N4O4S/c1-22(2)17-10-8-16(9-11-17)20(23-12-3-4-13-23)15-21-29(27,28)19-7-5-6-18(14-19)24(25)26/h5-11,14,20-21H,3-4,12-13,15H2,1-2H3/p+1/t20-/m0/s1. The zero-order valence-corrected chi connectivity index (χ0v) is 17.5.